The molecule has 3 aromatic rings. The maximum Gasteiger partial charge on any atom is 0.251 e. The molecule has 0 aliphatic carbocycles. The summed E-state index contributed by atoms with van der Waals surface area (Å²) in [6.45, 7) is 0.427. The minimum atomic E-state index is -0.189. The molecular weight excluding hydrogens is 359 g/mol. The molecule has 0 aliphatic rings. The lowest BCUT2D eigenvalue weighted by Crippen LogP contribution is -2.22. The molecule has 2 aromatic heterocycles. The summed E-state index contributed by atoms with van der Waals surface area (Å²) in [6.07, 6.45) is 4.94. The Kier molecular flexibility index (Phi) is 5.48. The fourth-order valence-corrected chi connectivity index (χ4v) is 2.73. The normalized spacial score (nSPS) is 10.3. The third-order valence-corrected chi connectivity index (χ3v) is 3.80. The Morgan fingerprint density at radius 1 is 0.960 bits per heavy atom. The molecule has 0 radical (unpaired) electrons. The van der Waals surface area contributed by atoms with Crippen molar-refractivity contribution in [1.29, 1.82) is 0 Å². The number of rotatable bonds is 5. The van der Waals surface area contributed by atoms with Crippen LogP contribution < -0.4 is 10.6 Å². The monoisotopic (exact) mass is 372 g/mol. The molecule has 5 nitrogen and oxygen atoms in total. The van der Waals surface area contributed by atoms with Gasteiger partial charge in [0.05, 0.1) is 0 Å². The highest BCUT2D eigenvalue weighted by atomic mass is 35.5. The molecule has 0 fully saturated rings. The smallest absolute Gasteiger partial charge is 0.251 e. The van der Waals surface area contributed by atoms with E-state index in [4.69, 9.17) is 23.2 Å². The first-order chi connectivity index (χ1) is 12.1. The van der Waals surface area contributed by atoms with E-state index in [1.807, 2.05) is 12.1 Å². The van der Waals surface area contributed by atoms with Crippen molar-refractivity contribution in [3.63, 3.8) is 0 Å². The predicted molar refractivity (Wildman–Crippen MR) is 99.4 cm³/mol. The van der Waals surface area contributed by atoms with Gasteiger partial charge in [0.25, 0.3) is 5.91 Å². The van der Waals surface area contributed by atoms with Crippen LogP contribution in [-0.4, -0.2) is 15.9 Å². The zero-order valence-corrected chi connectivity index (χ0v) is 14.6. The molecule has 0 atom stereocenters. The molecule has 0 bridgehead atoms. The first kappa shape index (κ1) is 17.2. The number of carbonyl (C=O) groups excluding carboxylic acids is 1. The number of anilines is 2. The minimum Gasteiger partial charge on any atom is -0.348 e. The van der Waals surface area contributed by atoms with Crippen LogP contribution in [-0.2, 0) is 6.54 Å². The molecule has 2 N–H and O–H groups in total. The first-order valence-electron chi connectivity index (χ1n) is 7.46. The summed E-state index contributed by atoms with van der Waals surface area (Å²) < 4.78 is 0. The first-order valence-corrected chi connectivity index (χ1v) is 8.22. The van der Waals surface area contributed by atoms with Crippen molar-refractivity contribution in [3.8, 4) is 0 Å². The number of nitrogens with one attached hydrogen (secondary N) is 2. The quantitative estimate of drug-likeness (QED) is 0.693. The van der Waals surface area contributed by atoms with Crippen molar-refractivity contribution in [3.05, 3.63) is 82.2 Å². The Morgan fingerprint density at radius 2 is 1.68 bits per heavy atom. The van der Waals surface area contributed by atoms with E-state index in [2.05, 4.69) is 20.6 Å². The molecule has 0 saturated heterocycles. The Hall–Kier alpha value is -2.63. The summed E-state index contributed by atoms with van der Waals surface area (Å²) in [5.74, 6) is 0.335. The highest BCUT2D eigenvalue weighted by Gasteiger charge is 2.07. The van der Waals surface area contributed by atoms with Gasteiger partial charge in [0.15, 0.2) is 0 Å². The number of pyridine rings is 2. The third-order valence-electron chi connectivity index (χ3n) is 3.36. The summed E-state index contributed by atoms with van der Waals surface area (Å²) in [4.78, 5) is 20.5. The van der Waals surface area contributed by atoms with E-state index < -0.39 is 0 Å². The van der Waals surface area contributed by atoms with E-state index in [1.54, 1.807) is 48.9 Å². The number of amides is 1. The zero-order valence-electron chi connectivity index (χ0n) is 13.0. The van der Waals surface area contributed by atoms with Gasteiger partial charge >= 0.3 is 0 Å². The van der Waals surface area contributed by atoms with Crippen molar-refractivity contribution in [2.45, 2.75) is 6.54 Å². The molecule has 1 amide bonds. The SMILES string of the molecule is O=C(NCc1ccncc1)c1ccnc(Nc2cc(Cl)cc(Cl)c2)c1. The van der Waals surface area contributed by atoms with Crippen LogP contribution in [0.15, 0.2) is 61.1 Å². The van der Waals surface area contributed by atoms with E-state index in [0.29, 0.717) is 33.7 Å². The molecule has 0 spiro atoms. The van der Waals surface area contributed by atoms with Gasteiger partial charge in [0, 0.05) is 46.4 Å². The van der Waals surface area contributed by atoms with Gasteiger partial charge in [0.2, 0.25) is 0 Å². The Morgan fingerprint density at radius 3 is 2.40 bits per heavy atom. The highest BCUT2D eigenvalue weighted by molar-refractivity contribution is 6.35. The fourth-order valence-electron chi connectivity index (χ4n) is 2.20. The topological polar surface area (TPSA) is 66.9 Å². The van der Waals surface area contributed by atoms with Gasteiger partial charge in [-0.25, -0.2) is 4.98 Å². The second-order valence-electron chi connectivity index (χ2n) is 5.25. The van der Waals surface area contributed by atoms with E-state index in [1.165, 1.54) is 0 Å². The van der Waals surface area contributed by atoms with Crippen molar-refractivity contribution in [1.82, 2.24) is 15.3 Å². The molecule has 0 aliphatic heterocycles. The zero-order chi connectivity index (χ0) is 17.6. The van der Waals surface area contributed by atoms with Crippen LogP contribution in [0.4, 0.5) is 11.5 Å². The van der Waals surface area contributed by atoms with Crippen molar-refractivity contribution < 1.29 is 4.79 Å². The lowest BCUT2D eigenvalue weighted by atomic mass is 10.2. The summed E-state index contributed by atoms with van der Waals surface area (Å²) >= 11 is 12.0. The molecule has 1 aromatic carbocycles. The lowest BCUT2D eigenvalue weighted by molar-refractivity contribution is 0.0951. The van der Waals surface area contributed by atoms with Crippen molar-refractivity contribution in [2.75, 3.05) is 5.32 Å². The largest absolute Gasteiger partial charge is 0.348 e. The van der Waals surface area contributed by atoms with Crippen LogP contribution in [0.1, 0.15) is 15.9 Å². The summed E-state index contributed by atoms with van der Waals surface area (Å²) in [6, 6.07) is 12.1. The Balaban J connectivity index is 1.69. The molecule has 126 valence electrons. The lowest BCUT2D eigenvalue weighted by Gasteiger charge is -2.09. The maximum atomic E-state index is 12.3. The third kappa shape index (κ3) is 4.92. The average Bonchev–Trinajstić information content (AvgIpc) is 2.60. The summed E-state index contributed by atoms with van der Waals surface area (Å²) in [5.41, 5.74) is 2.17. The fraction of sp³-hybridized carbons (Fsp3) is 0.0556. The number of hydrogen-bond acceptors (Lipinski definition) is 4. The standard InChI is InChI=1S/C18H14Cl2N4O/c19-14-8-15(20)10-16(9-14)24-17-7-13(3-6-22-17)18(25)23-11-12-1-4-21-5-2-12/h1-10H,11H2,(H,22,24)(H,23,25). The number of benzene rings is 1. The Bertz CT molecular complexity index is 867. The van der Waals surface area contributed by atoms with Crippen LogP contribution in [0.5, 0.6) is 0 Å². The second-order valence-corrected chi connectivity index (χ2v) is 6.12. The highest BCUT2D eigenvalue weighted by Crippen LogP contribution is 2.24. The maximum absolute atomic E-state index is 12.3. The van der Waals surface area contributed by atoms with Crippen LogP contribution in [0.25, 0.3) is 0 Å². The van der Waals surface area contributed by atoms with Gasteiger partial charge in [-0.1, -0.05) is 23.2 Å². The van der Waals surface area contributed by atoms with Crippen molar-refractivity contribution in [2.24, 2.45) is 0 Å². The molecule has 25 heavy (non-hydrogen) atoms. The number of aromatic nitrogens is 2. The van der Waals surface area contributed by atoms with Gasteiger partial charge in [0.1, 0.15) is 5.82 Å². The van der Waals surface area contributed by atoms with Gasteiger partial charge in [-0.15, -0.1) is 0 Å². The van der Waals surface area contributed by atoms with Crippen molar-refractivity contribution >= 4 is 40.6 Å². The molecular formula is C18H14Cl2N4O. The van der Waals surface area contributed by atoms with Crippen LogP contribution in [0, 0.1) is 0 Å². The number of hydrogen-bond donors (Lipinski definition) is 2. The second kappa shape index (κ2) is 7.96. The minimum absolute atomic E-state index is 0.189. The summed E-state index contributed by atoms with van der Waals surface area (Å²) in [7, 11) is 0. The van der Waals surface area contributed by atoms with Crippen LogP contribution in [0.3, 0.4) is 0 Å². The summed E-state index contributed by atoms with van der Waals surface area (Å²) in [5, 5.41) is 6.98. The van der Waals surface area contributed by atoms with Gasteiger partial charge in [-0.2, -0.15) is 0 Å². The molecule has 0 saturated carbocycles. The number of carbonyl (C=O) groups is 1. The van der Waals surface area contributed by atoms with E-state index in [9.17, 15) is 4.79 Å². The van der Waals surface area contributed by atoms with E-state index in [-0.39, 0.29) is 5.91 Å². The number of nitrogens with zero attached hydrogens (tertiary/aromatic N) is 2. The average molecular weight is 373 g/mol. The predicted octanol–water partition coefficient (Wildman–Crippen LogP) is 4.46. The molecule has 7 heteroatoms. The van der Waals surface area contributed by atoms with Crippen LogP contribution in [0.2, 0.25) is 10.0 Å². The Labute approximate surface area is 155 Å². The molecule has 0 unspecified atom stereocenters. The van der Waals surface area contributed by atoms with E-state index >= 15 is 0 Å². The molecule has 3 rings (SSSR count). The number of halogens is 2. The molecule has 2 heterocycles. The van der Waals surface area contributed by atoms with E-state index in [0.717, 1.165) is 5.56 Å². The van der Waals surface area contributed by atoms with Gasteiger partial charge in [-0.3, -0.25) is 9.78 Å². The van der Waals surface area contributed by atoms with Gasteiger partial charge in [-0.05, 0) is 48.0 Å². The van der Waals surface area contributed by atoms with Crippen LogP contribution >= 0.6 is 23.2 Å². The van der Waals surface area contributed by atoms with Gasteiger partial charge < -0.3 is 10.6 Å².